The highest BCUT2D eigenvalue weighted by Gasteiger charge is 2.37. The first-order valence-electron chi connectivity index (χ1n) is 9.01. The summed E-state index contributed by atoms with van der Waals surface area (Å²) in [6, 6.07) is 15.2. The van der Waals surface area contributed by atoms with E-state index in [-0.39, 0.29) is 17.5 Å². The van der Waals surface area contributed by atoms with Crippen LogP contribution in [0.2, 0.25) is 0 Å². The molecule has 2 aromatic heterocycles. The molecular formula is C21H16F3N5O. The summed E-state index contributed by atoms with van der Waals surface area (Å²) >= 11 is 0. The molecular weight excluding hydrogens is 395 g/mol. The molecule has 0 bridgehead atoms. The maximum atomic E-state index is 13.8. The summed E-state index contributed by atoms with van der Waals surface area (Å²) in [6.45, 7) is 2.86. The molecule has 6 nitrogen and oxygen atoms in total. The largest absolute Gasteiger partial charge is 0.433 e. The SMILES string of the molecule is CC(=O)Nc1nc(C)cc(-n2nc(-c3cccc4ccccc34)cc2C(F)(F)F)n1. The van der Waals surface area contributed by atoms with Crippen molar-refractivity contribution in [2.45, 2.75) is 20.0 Å². The summed E-state index contributed by atoms with van der Waals surface area (Å²) in [6.07, 6.45) is -4.66. The smallest absolute Gasteiger partial charge is 0.295 e. The Balaban J connectivity index is 1.93. The van der Waals surface area contributed by atoms with E-state index >= 15 is 0 Å². The van der Waals surface area contributed by atoms with Crippen LogP contribution in [0.25, 0.3) is 27.8 Å². The van der Waals surface area contributed by atoms with Gasteiger partial charge in [-0.3, -0.25) is 10.1 Å². The number of anilines is 1. The Morgan fingerprint density at radius 1 is 1.03 bits per heavy atom. The van der Waals surface area contributed by atoms with Crippen molar-refractivity contribution < 1.29 is 18.0 Å². The van der Waals surface area contributed by atoms with Gasteiger partial charge < -0.3 is 0 Å². The second-order valence-corrected chi connectivity index (χ2v) is 6.72. The summed E-state index contributed by atoms with van der Waals surface area (Å²) in [5.41, 5.74) is 0.151. The van der Waals surface area contributed by atoms with Gasteiger partial charge in [0.15, 0.2) is 11.5 Å². The van der Waals surface area contributed by atoms with Gasteiger partial charge in [-0.2, -0.15) is 23.3 Å². The zero-order chi connectivity index (χ0) is 21.5. The molecule has 1 N–H and O–H groups in total. The number of rotatable bonds is 3. The van der Waals surface area contributed by atoms with Crippen LogP contribution in [0.4, 0.5) is 19.1 Å². The van der Waals surface area contributed by atoms with Gasteiger partial charge in [0.05, 0.1) is 5.69 Å². The van der Waals surface area contributed by atoms with Crippen molar-refractivity contribution in [3.8, 4) is 17.1 Å². The zero-order valence-electron chi connectivity index (χ0n) is 16.0. The van der Waals surface area contributed by atoms with Crippen molar-refractivity contribution in [2.75, 3.05) is 5.32 Å². The number of carbonyl (C=O) groups is 1. The minimum absolute atomic E-state index is 0.0900. The number of alkyl halides is 3. The van der Waals surface area contributed by atoms with Gasteiger partial charge in [-0.15, -0.1) is 0 Å². The second-order valence-electron chi connectivity index (χ2n) is 6.72. The van der Waals surface area contributed by atoms with Crippen molar-refractivity contribution in [1.29, 1.82) is 0 Å². The van der Waals surface area contributed by atoms with Crippen LogP contribution in [-0.4, -0.2) is 25.7 Å². The highest BCUT2D eigenvalue weighted by molar-refractivity contribution is 5.95. The normalized spacial score (nSPS) is 11.6. The maximum absolute atomic E-state index is 13.8. The van der Waals surface area contributed by atoms with E-state index in [1.165, 1.54) is 13.0 Å². The van der Waals surface area contributed by atoms with E-state index in [0.717, 1.165) is 21.5 Å². The minimum Gasteiger partial charge on any atom is -0.295 e. The molecule has 4 aromatic rings. The van der Waals surface area contributed by atoms with Gasteiger partial charge in [0.1, 0.15) is 0 Å². The molecule has 1 amide bonds. The standard InChI is InChI=1S/C21H16F3N5O/c1-12-10-19(27-20(25-12)26-13(2)30)29-18(21(22,23)24)11-17(28-29)16-9-5-7-14-6-3-4-8-15(14)16/h3-11H,1-2H3,(H,25,26,27,30). The number of nitrogens with zero attached hydrogens (tertiary/aromatic N) is 4. The fourth-order valence-electron chi connectivity index (χ4n) is 3.21. The van der Waals surface area contributed by atoms with Gasteiger partial charge in [0, 0.05) is 24.2 Å². The summed E-state index contributed by atoms with van der Waals surface area (Å²) in [7, 11) is 0. The number of hydrogen-bond acceptors (Lipinski definition) is 4. The maximum Gasteiger partial charge on any atom is 0.433 e. The van der Waals surface area contributed by atoms with Gasteiger partial charge in [-0.05, 0) is 23.8 Å². The number of aromatic nitrogens is 4. The number of nitrogens with one attached hydrogen (secondary N) is 1. The second kappa shape index (κ2) is 7.25. The average molecular weight is 411 g/mol. The lowest BCUT2D eigenvalue weighted by Gasteiger charge is -2.11. The Bertz CT molecular complexity index is 1260. The molecule has 4 rings (SSSR count). The topological polar surface area (TPSA) is 72.7 Å². The van der Waals surface area contributed by atoms with Crippen LogP contribution in [0.3, 0.4) is 0 Å². The van der Waals surface area contributed by atoms with Gasteiger partial charge >= 0.3 is 6.18 Å². The van der Waals surface area contributed by atoms with Crippen molar-refractivity contribution >= 4 is 22.6 Å². The van der Waals surface area contributed by atoms with E-state index in [1.807, 2.05) is 30.3 Å². The van der Waals surface area contributed by atoms with Gasteiger partial charge in [0.2, 0.25) is 11.9 Å². The van der Waals surface area contributed by atoms with E-state index in [1.54, 1.807) is 19.1 Å². The molecule has 2 aromatic carbocycles. The molecule has 0 aliphatic carbocycles. The Kier molecular flexibility index (Phi) is 4.73. The molecule has 0 saturated heterocycles. The van der Waals surface area contributed by atoms with Crippen LogP contribution in [-0.2, 0) is 11.0 Å². The van der Waals surface area contributed by atoms with Crippen LogP contribution in [0.15, 0.2) is 54.6 Å². The zero-order valence-corrected chi connectivity index (χ0v) is 16.0. The van der Waals surface area contributed by atoms with Crippen LogP contribution in [0, 0.1) is 6.92 Å². The highest BCUT2D eigenvalue weighted by atomic mass is 19.4. The number of amides is 1. The van der Waals surface area contributed by atoms with Crippen molar-refractivity contribution in [2.24, 2.45) is 0 Å². The third kappa shape index (κ3) is 3.73. The first-order chi connectivity index (χ1) is 14.2. The fourth-order valence-corrected chi connectivity index (χ4v) is 3.21. The van der Waals surface area contributed by atoms with E-state index < -0.39 is 17.8 Å². The molecule has 0 spiro atoms. The average Bonchev–Trinajstić information content (AvgIpc) is 3.12. The number of aryl methyl sites for hydroxylation is 1. The summed E-state index contributed by atoms with van der Waals surface area (Å²) in [5, 5.41) is 8.30. The van der Waals surface area contributed by atoms with E-state index in [9.17, 15) is 18.0 Å². The number of fused-ring (bicyclic) bond motifs is 1. The molecule has 152 valence electrons. The summed E-state index contributed by atoms with van der Waals surface area (Å²) in [4.78, 5) is 19.4. The third-order valence-corrected chi connectivity index (χ3v) is 4.41. The quantitative estimate of drug-likeness (QED) is 0.527. The first-order valence-corrected chi connectivity index (χ1v) is 9.01. The summed E-state index contributed by atoms with van der Waals surface area (Å²) < 4.78 is 42.2. The molecule has 9 heteroatoms. The summed E-state index contributed by atoms with van der Waals surface area (Å²) in [5.74, 6) is -0.614. The predicted molar refractivity (Wildman–Crippen MR) is 106 cm³/mol. The number of hydrogen-bond donors (Lipinski definition) is 1. The lowest BCUT2D eigenvalue weighted by atomic mass is 10.0. The number of benzene rings is 2. The van der Waals surface area contributed by atoms with Crippen LogP contribution in [0.1, 0.15) is 18.3 Å². The molecule has 30 heavy (non-hydrogen) atoms. The minimum atomic E-state index is -4.66. The Labute approximate surface area is 169 Å². The van der Waals surface area contributed by atoms with Crippen LogP contribution >= 0.6 is 0 Å². The molecule has 2 heterocycles. The highest BCUT2D eigenvalue weighted by Crippen LogP contribution is 2.35. The molecule has 0 saturated carbocycles. The van der Waals surface area contributed by atoms with Gasteiger partial charge in [0.25, 0.3) is 0 Å². The molecule has 0 aliphatic rings. The lowest BCUT2D eigenvalue weighted by molar-refractivity contribution is -0.142. The Hall–Kier alpha value is -3.75. The number of carbonyl (C=O) groups excluding carboxylic acids is 1. The molecule has 0 aliphatic heterocycles. The Morgan fingerprint density at radius 3 is 2.50 bits per heavy atom. The molecule has 0 fully saturated rings. The Morgan fingerprint density at radius 2 is 1.77 bits per heavy atom. The number of halogens is 3. The van der Waals surface area contributed by atoms with Crippen molar-refractivity contribution in [3.63, 3.8) is 0 Å². The lowest BCUT2D eigenvalue weighted by Crippen LogP contribution is -2.16. The monoisotopic (exact) mass is 411 g/mol. The van der Waals surface area contributed by atoms with Crippen LogP contribution in [0.5, 0.6) is 0 Å². The van der Waals surface area contributed by atoms with E-state index in [4.69, 9.17) is 0 Å². The third-order valence-electron chi connectivity index (χ3n) is 4.41. The van der Waals surface area contributed by atoms with E-state index in [2.05, 4.69) is 20.4 Å². The van der Waals surface area contributed by atoms with Crippen LogP contribution < -0.4 is 5.32 Å². The fraction of sp³-hybridized carbons (Fsp3) is 0.143. The van der Waals surface area contributed by atoms with Crippen molar-refractivity contribution in [1.82, 2.24) is 19.7 Å². The predicted octanol–water partition coefficient (Wildman–Crippen LogP) is 4.77. The van der Waals surface area contributed by atoms with Gasteiger partial charge in [-0.25, -0.2) is 9.67 Å². The van der Waals surface area contributed by atoms with Crippen molar-refractivity contribution in [3.05, 3.63) is 66.0 Å². The molecule has 0 atom stereocenters. The van der Waals surface area contributed by atoms with Gasteiger partial charge in [-0.1, -0.05) is 42.5 Å². The molecule has 0 radical (unpaired) electrons. The first kappa shape index (κ1) is 19.6. The molecule has 0 unspecified atom stereocenters. The van der Waals surface area contributed by atoms with E-state index in [0.29, 0.717) is 11.3 Å².